The first-order valence-electron chi connectivity index (χ1n) is 6.78. The van der Waals surface area contributed by atoms with E-state index >= 15 is 0 Å². The van der Waals surface area contributed by atoms with Gasteiger partial charge in [-0.2, -0.15) is 5.10 Å². The molecule has 0 aliphatic heterocycles. The average molecular weight is 252 g/mol. The Morgan fingerprint density at radius 1 is 1.06 bits per heavy atom. The van der Waals surface area contributed by atoms with Crippen LogP contribution in [-0.4, -0.2) is 11.8 Å². The second-order valence-corrected chi connectivity index (χ2v) is 7.95. The van der Waals surface area contributed by atoms with E-state index in [9.17, 15) is 0 Å². The lowest BCUT2D eigenvalue weighted by atomic mass is 9.73. The zero-order valence-corrected chi connectivity index (χ0v) is 13.8. The van der Waals surface area contributed by atoms with Gasteiger partial charge in [0.05, 0.1) is 5.54 Å². The lowest BCUT2D eigenvalue weighted by Crippen LogP contribution is -2.44. The molecule has 106 valence electrons. The lowest BCUT2D eigenvalue weighted by Gasteiger charge is -2.38. The van der Waals surface area contributed by atoms with Crippen LogP contribution in [0.4, 0.5) is 0 Å². The predicted octanol–water partition coefficient (Wildman–Crippen LogP) is 4.62. The summed E-state index contributed by atoms with van der Waals surface area (Å²) in [6.45, 7) is 23.9. The first-order valence-corrected chi connectivity index (χ1v) is 6.78. The summed E-state index contributed by atoms with van der Waals surface area (Å²) < 4.78 is 0. The molecular formula is C16H32N2. The standard InChI is InChI=1S/C16H32N2/c1-12(15(6,7)8)13(2)16(9,10)18-17-11-14(3,4)5/h11,13,18H,1H2,2-10H3. The zero-order valence-electron chi connectivity index (χ0n) is 13.8. The van der Waals surface area contributed by atoms with Crippen LogP contribution in [0.5, 0.6) is 0 Å². The molecule has 0 saturated heterocycles. The summed E-state index contributed by atoms with van der Waals surface area (Å²) in [4.78, 5) is 0. The third-order valence-corrected chi connectivity index (χ3v) is 3.37. The molecule has 1 unspecified atom stereocenters. The van der Waals surface area contributed by atoms with Gasteiger partial charge in [0.25, 0.3) is 0 Å². The smallest absolute Gasteiger partial charge is 0.0555 e. The molecule has 0 spiro atoms. The van der Waals surface area contributed by atoms with Crippen LogP contribution in [0.3, 0.4) is 0 Å². The fourth-order valence-electron chi connectivity index (χ4n) is 1.57. The number of hydrogen-bond donors (Lipinski definition) is 1. The van der Waals surface area contributed by atoms with E-state index in [2.05, 4.69) is 79.4 Å². The Labute approximate surface area is 114 Å². The summed E-state index contributed by atoms with van der Waals surface area (Å²) in [6.07, 6.45) is 1.96. The molecule has 0 aromatic carbocycles. The van der Waals surface area contributed by atoms with Crippen molar-refractivity contribution in [1.29, 1.82) is 0 Å². The molecular weight excluding hydrogens is 220 g/mol. The molecule has 2 nitrogen and oxygen atoms in total. The average Bonchev–Trinajstić information content (AvgIpc) is 2.11. The number of nitrogens with one attached hydrogen (secondary N) is 1. The topological polar surface area (TPSA) is 24.4 Å². The van der Waals surface area contributed by atoms with E-state index in [1.807, 2.05) is 6.21 Å². The molecule has 2 heteroatoms. The number of hydrogen-bond acceptors (Lipinski definition) is 2. The van der Waals surface area contributed by atoms with Crippen LogP contribution in [0, 0.1) is 16.7 Å². The van der Waals surface area contributed by atoms with Crippen molar-refractivity contribution in [3.63, 3.8) is 0 Å². The molecule has 0 aliphatic carbocycles. The van der Waals surface area contributed by atoms with Crippen LogP contribution in [0.15, 0.2) is 17.3 Å². The van der Waals surface area contributed by atoms with Gasteiger partial charge < -0.3 is 5.43 Å². The molecule has 0 fully saturated rings. The molecule has 0 rings (SSSR count). The highest BCUT2D eigenvalue weighted by Gasteiger charge is 2.32. The fraction of sp³-hybridized carbons (Fsp3) is 0.812. The number of nitrogens with zero attached hydrogens (tertiary/aromatic N) is 1. The SMILES string of the molecule is C=C(C(C)C(C)(C)NN=CC(C)(C)C)C(C)(C)C. The van der Waals surface area contributed by atoms with Gasteiger partial charge >= 0.3 is 0 Å². The van der Waals surface area contributed by atoms with Crippen molar-refractivity contribution in [2.75, 3.05) is 0 Å². The maximum absolute atomic E-state index is 4.38. The molecule has 0 radical (unpaired) electrons. The Balaban J connectivity index is 4.74. The summed E-state index contributed by atoms with van der Waals surface area (Å²) in [5.74, 6) is 0.356. The van der Waals surface area contributed by atoms with Crippen molar-refractivity contribution in [3.8, 4) is 0 Å². The van der Waals surface area contributed by atoms with Gasteiger partial charge in [-0.3, -0.25) is 0 Å². The predicted molar refractivity (Wildman–Crippen MR) is 82.9 cm³/mol. The second-order valence-electron chi connectivity index (χ2n) is 7.95. The highest BCUT2D eigenvalue weighted by atomic mass is 15.3. The van der Waals surface area contributed by atoms with Gasteiger partial charge in [0.15, 0.2) is 0 Å². The zero-order chi connectivity index (χ0) is 14.8. The monoisotopic (exact) mass is 252 g/mol. The van der Waals surface area contributed by atoms with Crippen molar-refractivity contribution in [1.82, 2.24) is 5.43 Å². The molecule has 1 atom stereocenters. The minimum absolute atomic E-state index is 0.0912. The third-order valence-electron chi connectivity index (χ3n) is 3.37. The van der Waals surface area contributed by atoms with Crippen LogP contribution in [0.25, 0.3) is 0 Å². The Kier molecular flexibility index (Phi) is 5.22. The van der Waals surface area contributed by atoms with Crippen molar-refractivity contribution in [2.45, 2.75) is 67.9 Å². The summed E-state index contributed by atoms with van der Waals surface area (Å²) in [7, 11) is 0. The van der Waals surface area contributed by atoms with Gasteiger partial charge in [-0.05, 0) is 24.7 Å². The van der Waals surface area contributed by atoms with E-state index in [0.29, 0.717) is 5.92 Å². The first-order chi connectivity index (χ1) is 7.77. The molecule has 0 amide bonds. The minimum atomic E-state index is -0.0912. The molecule has 1 N–H and O–H groups in total. The Bertz CT molecular complexity index is 311. The fourth-order valence-corrected chi connectivity index (χ4v) is 1.57. The van der Waals surface area contributed by atoms with E-state index in [1.54, 1.807) is 0 Å². The Hall–Kier alpha value is -0.790. The van der Waals surface area contributed by atoms with E-state index in [1.165, 1.54) is 5.57 Å². The van der Waals surface area contributed by atoms with E-state index in [-0.39, 0.29) is 16.4 Å². The molecule has 0 saturated carbocycles. The summed E-state index contributed by atoms with van der Waals surface area (Å²) in [5.41, 5.74) is 4.68. The van der Waals surface area contributed by atoms with Crippen molar-refractivity contribution >= 4 is 6.21 Å². The van der Waals surface area contributed by atoms with Crippen LogP contribution < -0.4 is 5.43 Å². The molecule has 18 heavy (non-hydrogen) atoms. The lowest BCUT2D eigenvalue weighted by molar-refractivity contribution is 0.273. The highest BCUT2D eigenvalue weighted by Crippen LogP contribution is 2.35. The van der Waals surface area contributed by atoms with Crippen LogP contribution in [0.2, 0.25) is 0 Å². The molecule has 0 bridgehead atoms. The van der Waals surface area contributed by atoms with Crippen LogP contribution in [0.1, 0.15) is 62.3 Å². The first kappa shape index (κ1) is 17.2. The quantitative estimate of drug-likeness (QED) is 0.440. The van der Waals surface area contributed by atoms with Gasteiger partial charge in [0.2, 0.25) is 0 Å². The molecule has 0 aromatic heterocycles. The van der Waals surface area contributed by atoms with Gasteiger partial charge in [0.1, 0.15) is 0 Å². The van der Waals surface area contributed by atoms with E-state index in [0.717, 1.165) is 0 Å². The van der Waals surface area contributed by atoms with Gasteiger partial charge in [-0.25, -0.2) is 0 Å². The van der Waals surface area contributed by atoms with Crippen molar-refractivity contribution in [3.05, 3.63) is 12.2 Å². The largest absolute Gasteiger partial charge is 0.304 e. The Morgan fingerprint density at radius 2 is 1.50 bits per heavy atom. The maximum Gasteiger partial charge on any atom is 0.0555 e. The van der Waals surface area contributed by atoms with Crippen LogP contribution >= 0.6 is 0 Å². The second kappa shape index (κ2) is 5.46. The summed E-state index contributed by atoms with van der Waals surface area (Å²) in [5, 5.41) is 4.38. The Morgan fingerprint density at radius 3 is 1.83 bits per heavy atom. The third kappa shape index (κ3) is 5.70. The summed E-state index contributed by atoms with van der Waals surface area (Å²) in [6, 6.07) is 0. The highest BCUT2D eigenvalue weighted by molar-refractivity contribution is 5.63. The molecule has 0 heterocycles. The van der Waals surface area contributed by atoms with Crippen molar-refractivity contribution in [2.24, 2.45) is 21.8 Å². The molecule has 0 aliphatic rings. The van der Waals surface area contributed by atoms with Gasteiger partial charge in [-0.1, -0.05) is 60.6 Å². The minimum Gasteiger partial charge on any atom is -0.304 e. The van der Waals surface area contributed by atoms with E-state index < -0.39 is 0 Å². The number of hydrazone groups is 1. The summed E-state index contributed by atoms with van der Waals surface area (Å²) >= 11 is 0. The van der Waals surface area contributed by atoms with Crippen molar-refractivity contribution < 1.29 is 0 Å². The van der Waals surface area contributed by atoms with Gasteiger partial charge in [0, 0.05) is 12.1 Å². The van der Waals surface area contributed by atoms with Gasteiger partial charge in [-0.15, -0.1) is 0 Å². The number of rotatable bonds is 4. The normalized spacial score (nSPS) is 15.8. The molecule has 0 aromatic rings. The maximum atomic E-state index is 4.38. The van der Waals surface area contributed by atoms with E-state index in [4.69, 9.17) is 0 Å². The van der Waals surface area contributed by atoms with Crippen LogP contribution in [-0.2, 0) is 0 Å².